The number of rotatable bonds is 5. The number of benzene rings is 1. The fourth-order valence-corrected chi connectivity index (χ4v) is 1.70. The molecular weight excluding hydrogens is 216 g/mol. The number of aldehydes is 1. The van der Waals surface area contributed by atoms with Gasteiger partial charge in [-0.15, -0.1) is 0 Å². The number of carboxylic acids is 1. The lowest BCUT2D eigenvalue weighted by molar-refractivity contribution is -0.145. The second kappa shape index (κ2) is 5.13. The van der Waals surface area contributed by atoms with E-state index >= 15 is 0 Å². The number of aliphatic carboxylic acids is 1. The molecule has 0 saturated carbocycles. The highest BCUT2D eigenvalue weighted by Gasteiger charge is 2.34. The van der Waals surface area contributed by atoms with Crippen molar-refractivity contribution >= 4 is 12.3 Å². The van der Waals surface area contributed by atoms with Crippen molar-refractivity contribution in [2.45, 2.75) is 32.6 Å². The highest BCUT2D eigenvalue weighted by molar-refractivity contribution is 5.98. The van der Waals surface area contributed by atoms with Gasteiger partial charge in [0.15, 0.2) is 0 Å². The van der Waals surface area contributed by atoms with Crippen molar-refractivity contribution in [1.29, 1.82) is 0 Å². The maximum Gasteiger partial charge on any atom is 0.321 e. The van der Waals surface area contributed by atoms with Crippen LogP contribution < -0.4 is 0 Å². The molecule has 1 N–H and O–H groups in total. The number of hydrogen-bond donors (Lipinski definition) is 1. The zero-order valence-electron chi connectivity index (χ0n) is 10.4. The Morgan fingerprint density at radius 2 is 1.88 bits per heavy atom. The van der Waals surface area contributed by atoms with Gasteiger partial charge in [-0.05, 0) is 30.4 Å². The van der Waals surface area contributed by atoms with Crippen LogP contribution in [0.4, 0.5) is 0 Å². The van der Waals surface area contributed by atoms with Crippen molar-refractivity contribution in [1.82, 2.24) is 0 Å². The first-order valence-corrected chi connectivity index (χ1v) is 5.69. The van der Waals surface area contributed by atoms with Gasteiger partial charge in [-0.25, -0.2) is 0 Å². The third-order valence-corrected chi connectivity index (χ3v) is 2.88. The molecule has 3 heteroatoms. The zero-order valence-corrected chi connectivity index (χ0v) is 10.4. The van der Waals surface area contributed by atoms with Crippen molar-refractivity contribution in [2.24, 2.45) is 5.92 Å². The van der Waals surface area contributed by atoms with Gasteiger partial charge < -0.3 is 9.90 Å². The first-order chi connectivity index (χ1) is 7.90. The Balaban J connectivity index is 3.01. The van der Waals surface area contributed by atoms with E-state index in [2.05, 4.69) is 13.8 Å². The molecule has 1 unspecified atom stereocenters. The van der Waals surface area contributed by atoms with E-state index in [1.54, 1.807) is 12.1 Å². The van der Waals surface area contributed by atoms with E-state index in [1.165, 1.54) is 6.92 Å². The minimum Gasteiger partial charge on any atom is -0.480 e. The number of carboxylic acid groups (broad SMARTS) is 1. The molecule has 0 fully saturated rings. The molecule has 0 saturated heterocycles. The Morgan fingerprint density at radius 1 is 1.35 bits per heavy atom. The lowest BCUT2D eigenvalue weighted by Gasteiger charge is -2.18. The van der Waals surface area contributed by atoms with E-state index in [-0.39, 0.29) is 0 Å². The molecule has 0 bridgehead atoms. The molecule has 1 aromatic rings. The van der Waals surface area contributed by atoms with Crippen molar-refractivity contribution in [3.63, 3.8) is 0 Å². The van der Waals surface area contributed by atoms with E-state index in [1.807, 2.05) is 12.1 Å². The van der Waals surface area contributed by atoms with E-state index < -0.39 is 11.4 Å². The van der Waals surface area contributed by atoms with Crippen molar-refractivity contribution < 1.29 is 14.7 Å². The summed E-state index contributed by atoms with van der Waals surface area (Å²) in [5, 5.41) is 9.07. The summed E-state index contributed by atoms with van der Waals surface area (Å²) < 4.78 is 0. The average Bonchev–Trinajstić information content (AvgIpc) is 2.28. The van der Waals surface area contributed by atoms with Gasteiger partial charge in [0.25, 0.3) is 0 Å². The molecule has 0 amide bonds. The quantitative estimate of drug-likeness (QED) is 0.628. The second-order valence-corrected chi connectivity index (χ2v) is 4.92. The van der Waals surface area contributed by atoms with Crippen LogP contribution in [-0.4, -0.2) is 17.4 Å². The van der Waals surface area contributed by atoms with Gasteiger partial charge in [0.05, 0.1) is 0 Å². The Bertz CT molecular complexity index is 406. The lowest BCUT2D eigenvalue weighted by atomic mass is 9.83. The van der Waals surface area contributed by atoms with Crippen LogP contribution >= 0.6 is 0 Å². The lowest BCUT2D eigenvalue weighted by Crippen LogP contribution is -2.33. The minimum absolute atomic E-state index is 0.479. The molecule has 0 aliphatic rings. The fraction of sp³-hybridized carbons (Fsp3) is 0.429. The van der Waals surface area contributed by atoms with Crippen LogP contribution in [0, 0.1) is 5.92 Å². The predicted molar refractivity (Wildman–Crippen MR) is 66.0 cm³/mol. The third kappa shape index (κ3) is 2.93. The topological polar surface area (TPSA) is 54.4 Å². The molecule has 0 heterocycles. The highest BCUT2D eigenvalue weighted by Crippen LogP contribution is 2.22. The Hall–Kier alpha value is -1.64. The average molecular weight is 234 g/mol. The standard InChI is InChI=1S/C14H18O3/c1-10(2)8-11-4-6-12(7-5-11)14(3,9-15)13(16)17/h4-7,9-10H,8H2,1-3H3,(H,16,17). The van der Waals surface area contributed by atoms with Crippen LogP contribution in [0.3, 0.4) is 0 Å². The first kappa shape index (κ1) is 13.4. The molecular formula is C14H18O3. The van der Waals surface area contributed by atoms with Crippen molar-refractivity contribution in [2.75, 3.05) is 0 Å². The van der Waals surface area contributed by atoms with Gasteiger partial charge in [0, 0.05) is 0 Å². The first-order valence-electron chi connectivity index (χ1n) is 5.69. The van der Waals surface area contributed by atoms with Gasteiger partial charge in [0.2, 0.25) is 0 Å². The van der Waals surface area contributed by atoms with Crippen LogP contribution in [0.1, 0.15) is 31.9 Å². The predicted octanol–water partition coefficient (Wildman–Crippen LogP) is 2.43. The van der Waals surface area contributed by atoms with Gasteiger partial charge in [-0.2, -0.15) is 0 Å². The molecule has 3 nitrogen and oxygen atoms in total. The summed E-state index contributed by atoms with van der Waals surface area (Å²) in [5.74, 6) is -0.568. The molecule has 92 valence electrons. The summed E-state index contributed by atoms with van der Waals surface area (Å²) in [6.07, 6.45) is 1.43. The largest absolute Gasteiger partial charge is 0.480 e. The van der Waals surface area contributed by atoms with Crippen LogP contribution in [0.5, 0.6) is 0 Å². The molecule has 1 aromatic carbocycles. The Kier molecular flexibility index (Phi) is 4.05. The van der Waals surface area contributed by atoms with Gasteiger partial charge >= 0.3 is 5.97 Å². The molecule has 0 spiro atoms. The Labute approximate surface area is 101 Å². The maximum absolute atomic E-state index is 11.1. The van der Waals surface area contributed by atoms with Crippen molar-refractivity contribution in [3.8, 4) is 0 Å². The van der Waals surface area contributed by atoms with E-state index in [0.29, 0.717) is 17.8 Å². The second-order valence-electron chi connectivity index (χ2n) is 4.92. The fourth-order valence-electron chi connectivity index (χ4n) is 1.70. The van der Waals surface area contributed by atoms with Gasteiger partial charge in [-0.1, -0.05) is 38.1 Å². The monoisotopic (exact) mass is 234 g/mol. The molecule has 0 aliphatic carbocycles. The van der Waals surface area contributed by atoms with Crippen molar-refractivity contribution in [3.05, 3.63) is 35.4 Å². The van der Waals surface area contributed by atoms with E-state index in [0.717, 1.165) is 12.0 Å². The summed E-state index contributed by atoms with van der Waals surface area (Å²) in [5.41, 5.74) is 0.228. The molecule has 0 aromatic heterocycles. The summed E-state index contributed by atoms with van der Waals surface area (Å²) in [4.78, 5) is 22.0. The highest BCUT2D eigenvalue weighted by atomic mass is 16.4. The molecule has 0 radical (unpaired) electrons. The SMILES string of the molecule is CC(C)Cc1ccc(C(C)(C=O)C(=O)O)cc1. The van der Waals surface area contributed by atoms with Crippen LogP contribution in [0.2, 0.25) is 0 Å². The third-order valence-electron chi connectivity index (χ3n) is 2.88. The summed E-state index contributed by atoms with van der Waals surface area (Å²) in [7, 11) is 0. The molecule has 1 rings (SSSR count). The van der Waals surface area contributed by atoms with Crippen LogP contribution in [0.25, 0.3) is 0 Å². The smallest absolute Gasteiger partial charge is 0.321 e. The van der Waals surface area contributed by atoms with E-state index in [9.17, 15) is 9.59 Å². The zero-order chi connectivity index (χ0) is 13.1. The van der Waals surface area contributed by atoms with E-state index in [4.69, 9.17) is 5.11 Å². The number of hydrogen-bond acceptors (Lipinski definition) is 2. The molecule has 17 heavy (non-hydrogen) atoms. The number of carbonyl (C=O) groups is 2. The summed E-state index contributed by atoms with van der Waals surface area (Å²) in [6.45, 7) is 5.67. The van der Waals surface area contributed by atoms with Crippen LogP contribution in [0.15, 0.2) is 24.3 Å². The molecule has 1 atom stereocenters. The normalized spacial score (nSPS) is 14.4. The molecule has 0 aliphatic heterocycles. The summed E-state index contributed by atoms with van der Waals surface area (Å²) in [6, 6.07) is 7.22. The van der Waals surface area contributed by atoms with Gasteiger partial charge in [-0.3, -0.25) is 4.79 Å². The van der Waals surface area contributed by atoms with Crippen LogP contribution in [-0.2, 0) is 21.4 Å². The van der Waals surface area contributed by atoms with Gasteiger partial charge in [0.1, 0.15) is 11.7 Å². The summed E-state index contributed by atoms with van der Waals surface area (Å²) >= 11 is 0. The number of carbonyl (C=O) groups excluding carboxylic acids is 1. The Morgan fingerprint density at radius 3 is 2.24 bits per heavy atom. The minimum atomic E-state index is -1.45. The maximum atomic E-state index is 11.1.